The second-order valence-corrected chi connectivity index (χ2v) is 5.77. The first-order valence-corrected chi connectivity index (χ1v) is 7.38. The number of anilines is 1. The number of benzene rings is 1. The summed E-state index contributed by atoms with van der Waals surface area (Å²) in [6, 6.07) is 8.76. The summed E-state index contributed by atoms with van der Waals surface area (Å²) in [6.45, 7) is 0.451. The van der Waals surface area contributed by atoms with Crippen LogP contribution in [-0.2, 0) is 16.6 Å². The van der Waals surface area contributed by atoms with E-state index in [0.29, 0.717) is 12.1 Å². The number of halogens is 1. The first-order valence-electron chi connectivity index (χ1n) is 5.90. The van der Waals surface area contributed by atoms with Crippen molar-refractivity contribution in [2.45, 2.75) is 11.4 Å². The van der Waals surface area contributed by atoms with E-state index in [1.165, 1.54) is 24.4 Å². The zero-order valence-corrected chi connectivity index (χ0v) is 11.6. The van der Waals surface area contributed by atoms with Gasteiger partial charge in [0.25, 0.3) is 10.0 Å². The highest BCUT2D eigenvalue weighted by molar-refractivity contribution is 7.92. The van der Waals surface area contributed by atoms with Gasteiger partial charge in [0.05, 0.1) is 0 Å². The highest BCUT2D eigenvalue weighted by Crippen LogP contribution is 2.19. The molecule has 0 amide bonds. The van der Waals surface area contributed by atoms with E-state index in [9.17, 15) is 12.8 Å². The van der Waals surface area contributed by atoms with Gasteiger partial charge in [0.2, 0.25) is 0 Å². The Kier molecular flexibility index (Phi) is 4.31. The van der Waals surface area contributed by atoms with Gasteiger partial charge in [-0.2, -0.15) is 0 Å². The number of pyridine rings is 1. The molecule has 20 heavy (non-hydrogen) atoms. The van der Waals surface area contributed by atoms with Crippen molar-refractivity contribution in [3.8, 4) is 0 Å². The molecule has 0 saturated heterocycles. The molecule has 0 radical (unpaired) electrons. The lowest BCUT2D eigenvalue weighted by molar-refractivity contribution is 0.569. The molecule has 2 N–H and O–H groups in total. The zero-order chi connectivity index (χ0) is 14.6. The van der Waals surface area contributed by atoms with Gasteiger partial charge in [0.15, 0.2) is 0 Å². The Morgan fingerprint density at radius 3 is 2.70 bits per heavy atom. The van der Waals surface area contributed by atoms with Gasteiger partial charge in [-0.15, -0.1) is 0 Å². The molecular formula is C13H14FN3O2S. The van der Waals surface area contributed by atoms with Crippen LogP contribution >= 0.6 is 0 Å². The SMILES string of the molecule is CNCc1ccc(F)c(S(=O)(=O)Nc2ccccn2)c1. The second-order valence-electron chi connectivity index (χ2n) is 4.12. The van der Waals surface area contributed by atoms with Gasteiger partial charge in [-0.25, -0.2) is 17.8 Å². The first kappa shape index (κ1) is 14.4. The minimum Gasteiger partial charge on any atom is -0.316 e. The van der Waals surface area contributed by atoms with Crippen molar-refractivity contribution in [2.75, 3.05) is 11.8 Å². The van der Waals surface area contributed by atoms with Crippen LogP contribution in [0.2, 0.25) is 0 Å². The van der Waals surface area contributed by atoms with Crippen LogP contribution in [0.15, 0.2) is 47.5 Å². The maximum atomic E-state index is 13.7. The van der Waals surface area contributed by atoms with Crippen LogP contribution in [0, 0.1) is 5.82 Å². The standard InChI is InChI=1S/C13H14FN3O2S/c1-15-9-10-5-6-11(14)12(8-10)20(18,19)17-13-4-2-3-7-16-13/h2-8,15H,9H2,1H3,(H,16,17). The Balaban J connectivity index is 2.36. The van der Waals surface area contributed by atoms with E-state index < -0.39 is 20.7 Å². The Labute approximate surface area is 116 Å². The first-order chi connectivity index (χ1) is 9.53. The lowest BCUT2D eigenvalue weighted by atomic mass is 10.2. The molecule has 1 aromatic heterocycles. The van der Waals surface area contributed by atoms with Crippen LogP contribution in [0.3, 0.4) is 0 Å². The molecule has 0 bridgehead atoms. The third-order valence-electron chi connectivity index (χ3n) is 2.57. The number of nitrogens with one attached hydrogen (secondary N) is 2. The maximum Gasteiger partial charge on any atom is 0.265 e. The van der Waals surface area contributed by atoms with Crippen LogP contribution in [0.4, 0.5) is 10.2 Å². The molecule has 0 saturated carbocycles. The molecule has 2 rings (SSSR count). The molecule has 0 atom stereocenters. The van der Waals surface area contributed by atoms with Crippen molar-refractivity contribution in [2.24, 2.45) is 0 Å². The third-order valence-corrected chi connectivity index (χ3v) is 3.94. The maximum absolute atomic E-state index is 13.7. The highest BCUT2D eigenvalue weighted by Gasteiger charge is 2.20. The largest absolute Gasteiger partial charge is 0.316 e. The van der Waals surface area contributed by atoms with Crippen molar-refractivity contribution in [3.63, 3.8) is 0 Å². The van der Waals surface area contributed by atoms with Crippen molar-refractivity contribution in [3.05, 3.63) is 54.0 Å². The Morgan fingerprint density at radius 2 is 2.05 bits per heavy atom. The third kappa shape index (κ3) is 3.31. The lowest BCUT2D eigenvalue weighted by Gasteiger charge is -2.09. The van der Waals surface area contributed by atoms with Gasteiger partial charge in [-0.05, 0) is 36.9 Å². The average Bonchev–Trinajstić information content (AvgIpc) is 2.42. The predicted octanol–water partition coefficient (Wildman–Crippen LogP) is 1.74. The fourth-order valence-electron chi connectivity index (χ4n) is 1.68. The molecule has 0 aliphatic carbocycles. The summed E-state index contributed by atoms with van der Waals surface area (Å²) in [7, 11) is -2.27. The van der Waals surface area contributed by atoms with E-state index in [1.807, 2.05) is 0 Å². The Hall–Kier alpha value is -1.99. The summed E-state index contributed by atoms with van der Waals surface area (Å²) in [6.07, 6.45) is 1.45. The van der Waals surface area contributed by atoms with E-state index in [4.69, 9.17) is 0 Å². The average molecular weight is 295 g/mol. The Morgan fingerprint density at radius 1 is 1.25 bits per heavy atom. The van der Waals surface area contributed by atoms with Crippen LogP contribution in [0.5, 0.6) is 0 Å². The van der Waals surface area contributed by atoms with Crippen molar-refractivity contribution in [1.82, 2.24) is 10.3 Å². The summed E-state index contributed by atoms with van der Waals surface area (Å²) >= 11 is 0. The topological polar surface area (TPSA) is 71.1 Å². The summed E-state index contributed by atoms with van der Waals surface area (Å²) in [5.74, 6) is -0.654. The molecule has 1 heterocycles. The zero-order valence-electron chi connectivity index (χ0n) is 10.8. The quantitative estimate of drug-likeness (QED) is 0.881. The minimum atomic E-state index is -4.00. The molecule has 1 aromatic carbocycles. The molecule has 5 nitrogen and oxygen atoms in total. The summed E-state index contributed by atoms with van der Waals surface area (Å²) in [4.78, 5) is 3.46. The van der Waals surface area contributed by atoms with Crippen molar-refractivity contribution >= 4 is 15.8 Å². The molecule has 2 aromatic rings. The van der Waals surface area contributed by atoms with Gasteiger partial charge in [0, 0.05) is 12.7 Å². The summed E-state index contributed by atoms with van der Waals surface area (Å²) in [5.41, 5.74) is 0.676. The number of sulfonamides is 1. The second kappa shape index (κ2) is 5.98. The van der Waals surface area contributed by atoms with Crippen LogP contribution < -0.4 is 10.0 Å². The molecule has 106 valence electrons. The smallest absolute Gasteiger partial charge is 0.265 e. The van der Waals surface area contributed by atoms with E-state index in [-0.39, 0.29) is 5.82 Å². The van der Waals surface area contributed by atoms with Crippen molar-refractivity contribution < 1.29 is 12.8 Å². The van der Waals surface area contributed by atoms with Crippen LogP contribution in [0.1, 0.15) is 5.56 Å². The summed E-state index contributed by atoms with van der Waals surface area (Å²) in [5, 5.41) is 2.88. The van der Waals surface area contributed by atoms with E-state index >= 15 is 0 Å². The summed E-state index contributed by atoms with van der Waals surface area (Å²) < 4.78 is 40.3. The van der Waals surface area contributed by atoms with Gasteiger partial charge in [-0.3, -0.25) is 4.72 Å². The van der Waals surface area contributed by atoms with Gasteiger partial charge in [-0.1, -0.05) is 12.1 Å². The fraction of sp³-hybridized carbons (Fsp3) is 0.154. The van der Waals surface area contributed by atoms with Crippen LogP contribution in [0.25, 0.3) is 0 Å². The number of nitrogens with zero attached hydrogens (tertiary/aromatic N) is 1. The molecule has 0 aliphatic heterocycles. The minimum absolute atomic E-state index is 0.144. The molecular weight excluding hydrogens is 281 g/mol. The number of hydrogen-bond donors (Lipinski definition) is 2. The number of rotatable bonds is 5. The van der Waals surface area contributed by atoms with Gasteiger partial charge < -0.3 is 5.32 Å². The Bertz CT molecular complexity index is 690. The monoisotopic (exact) mass is 295 g/mol. The molecule has 0 spiro atoms. The predicted molar refractivity (Wildman–Crippen MR) is 74.2 cm³/mol. The number of hydrogen-bond acceptors (Lipinski definition) is 4. The lowest BCUT2D eigenvalue weighted by Crippen LogP contribution is -2.16. The normalized spacial score (nSPS) is 11.3. The molecule has 0 fully saturated rings. The number of aromatic nitrogens is 1. The van der Waals surface area contributed by atoms with Crippen LogP contribution in [-0.4, -0.2) is 20.4 Å². The fourth-order valence-corrected chi connectivity index (χ4v) is 2.82. The molecule has 0 aliphatic rings. The molecule has 0 unspecified atom stereocenters. The van der Waals surface area contributed by atoms with E-state index in [0.717, 1.165) is 6.07 Å². The molecule has 7 heteroatoms. The van der Waals surface area contributed by atoms with E-state index in [2.05, 4.69) is 15.0 Å². The van der Waals surface area contributed by atoms with Gasteiger partial charge in [0.1, 0.15) is 16.5 Å². The van der Waals surface area contributed by atoms with E-state index in [1.54, 1.807) is 19.2 Å². The van der Waals surface area contributed by atoms with Crippen molar-refractivity contribution in [1.29, 1.82) is 0 Å². The highest BCUT2D eigenvalue weighted by atomic mass is 32.2. The van der Waals surface area contributed by atoms with Gasteiger partial charge >= 0.3 is 0 Å².